The number of allylic oxidation sites excluding steroid dienone is 2. The smallest absolute Gasteiger partial charge is 0.326 e. The number of nitrogens with zero attached hydrogens (tertiary/aromatic N) is 5. The summed E-state index contributed by atoms with van der Waals surface area (Å²) in [6.07, 6.45) is 6.53. The second kappa shape index (κ2) is 8.92. The van der Waals surface area contributed by atoms with Gasteiger partial charge in [-0.1, -0.05) is 30.7 Å². The van der Waals surface area contributed by atoms with Gasteiger partial charge in [-0.2, -0.15) is 20.2 Å². The minimum absolute atomic E-state index is 0.129. The molecule has 1 saturated heterocycles. The number of ether oxygens (including phenoxy) is 2. The van der Waals surface area contributed by atoms with Gasteiger partial charge in [-0.05, 0) is 37.1 Å². The van der Waals surface area contributed by atoms with Crippen LogP contribution in [0.4, 0.5) is 11.8 Å². The minimum atomic E-state index is 0.129. The van der Waals surface area contributed by atoms with Gasteiger partial charge in [-0.25, -0.2) is 0 Å². The number of nitrogens with one attached hydrogen (secondary N) is 2. The van der Waals surface area contributed by atoms with Gasteiger partial charge >= 0.3 is 6.01 Å². The maximum Gasteiger partial charge on any atom is 0.326 e. The topological polar surface area (TPSA) is 112 Å². The van der Waals surface area contributed by atoms with Crippen molar-refractivity contribution >= 4 is 22.9 Å². The van der Waals surface area contributed by atoms with Gasteiger partial charge < -0.3 is 24.7 Å². The third-order valence-corrected chi connectivity index (χ3v) is 5.79. The van der Waals surface area contributed by atoms with Crippen molar-refractivity contribution in [2.75, 3.05) is 36.5 Å². The van der Waals surface area contributed by atoms with Crippen LogP contribution in [0.3, 0.4) is 0 Å². The zero-order chi connectivity index (χ0) is 22.8. The second-order valence-electron chi connectivity index (χ2n) is 8.25. The molecule has 0 bridgehead atoms. The number of aromatic amines is 1. The Labute approximate surface area is 191 Å². The molecular weight excluding hydrogens is 418 g/mol. The number of imidazole rings is 1. The van der Waals surface area contributed by atoms with Crippen LogP contribution in [0.1, 0.15) is 19.4 Å². The van der Waals surface area contributed by atoms with E-state index in [1.54, 1.807) is 24.3 Å². The van der Waals surface area contributed by atoms with E-state index in [1.807, 2.05) is 0 Å². The third-order valence-electron chi connectivity index (χ3n) is 5.79. The molecule has 1 aliphatic carbocycles. The number of morpholine rings is 1. The van der Waals surface area contributed by atoms with Gasteiger partial charge in [0.2, 0.25) is 5.95 Å². The molecule has 0 spiro atoms. The molecule has 33 heavy (non-hydrogen) atoms. The second-order valence-corrected chi connectivity index (χ2v) is 8.25. The number of benzene rings is 1. The van der Waals surface area contributed by atoms with E-state index in [2.05, 4.69) is 58.3 Å². The number of nitriles is 1. The van der Waals surface area contributed by atoms with E-state index >= 15 is 0 Å². The van der Waals surface area contributed by atoms with Gasteiger partial charge in [0, 0.05) is 13.1 Å². The maximum atomic E-state index is 9.01. The Hall–Kier alpha value is -3.90. The maximum absolute atomic E-state index is 9.01. The highest BCUT2D eigenvalue weighted by Gasteiger charge is 2.23. The van der Waals surface area contributed by atoms with Crippen LogP contribution >= 0.6 is 0 Å². The Morgan fingerprint density at radius 2 is 1.97 bits per heavy atom. The van der Waals surface area contributed by atoms with Crippen LogP contribution in [0.2, 0.25) is 0 Å². The number of H-pyrrole nitrogens is 1. The Bertz CT molecular complexity index is 1250. The lowest BCUT2D eigenvalue weighted by Crippen LogP contribution is -2.37. The number of aromatic nitrogens is 4. The van der Waals surface area contributed by atoms with Crippen LogP contribution in [-0.4, -0.2) is 52.3 Å². The van der Waals surface area contributed by atoms with E-state index in [-0.39, 0.29) is 12.1 Å². The van der Waals surface area contributed by atoms with Crippen molar-refractivity contribution in [2.24, 2.45) is 5.92 Å². The van der Waals surface area contributed by atoms with Gasteiger partial charge in [0.05, 0.1) is 30.9 Å². The van der Waals surface area contributed by atoms with Crippen molar-refractivity contribution in [1.82, 2.24) is 19.9 Å². The molecule has 0 amide bonds. The lowest BCUT2D eigenvalue weighted by Gasteiger charge is -2.28. The molecular formula is C24H25N7O2. The number of anilines is 2. The standard InChI is InChI=1S/C24H25N7O2/c1-15-3-4-16(2)19(13-15)26-23-27-20-21(28-23)29-24(30-22(20)31-9-11-32-12-10-31)33-18-7-5-17(14-25)6-8-18/h3-8,13,16,19H,9-12H2,1-2H3,(H2,26,27,28,29,30)/t16-,19?/m1/s1. The molecule has 1 aromatic carbocycles. The quantitative estimate of drug-likeness (QED) is 0.613. The summed E-state index contributed by atoms with van der Waals surface area (Å²) in [5.74, 6) is 2.26. The molecule has 2 atom stereocenters. The number of rotatable bonds is 5. The molecule has 1 aliphatic heterocycles. The first-order chi connectivity index (χ1) is 16.1. The molecule has 0 radical (unpaired) electrons. The fourth-order valence-corrected chi connectivity index (χ4v) is 3.93. The van der Waals surface area contributed by atoms with E-state index in [4.69, 9.17) is 24.7 Å². The lowest BCUT2D eigenvalue weighted by atomic mass is 9.94. The summed E-state index contributed by atoms with van der Waals surface area (Å²) >= 11 is 0. The zero-order valence-electron chi connectivity index (χ0n) is 18.6. The molecule has 1 fully saturated rings. The van der Waals surface area contributed by atoms with E-state index in [1.165, 1.54) is 5.57 Å². The SMILES string of the molecule is CC1=CC(Nc2nc3nc(Oc4ccc(C#N)cc4)nc(N4CCOCC4)c3[nH]2)[C@H](C)C=C1. The monoisotopic (exact) mass is 443 g/mol. The van der Waals surface area contributed by atoms with Crippen LogP contribution in [0, 0.1) is 17.2 Å². The Kier molecular flexibility index (Phi) is 5.67. The minimum Gasteiger partial charge on any atom is -0.424 e. The van der Waals surface area contributed by atoms with Crippen LogP contribution < -0.4 is 15.0 Å². The van der Waals surface area contributed by atoms with E-state index in [0.717, 1.165) is 24.4 Å². The predicted molar refractivity (Wildman–Crippen MR) is 125 cm³/mol. The number of hydrogen-bond donors (Lipinski definition) is 2. The predicted octanol–water partition coefficient (Wildman–Crippen LogP) is 3.79. The number of fused-ring (bicyclic) bond motifs is 1. The van der Waals surface area contributed by atoms with Crippen LogP contribution in [-0.2, 0) is 4.74 Å². The summed E-state index contributed by atoms with van der Waals surface area (Å²) in [4.78, 5) is 19.5. The molecule has 9 nitrogen and oxygen atoms in total. The van der Waals surface area contributed by atoms with Crippen molar-refractivity contribution in [3.63, 3.8) is 0 Å². The molecule has 3 aromatic rings. The summed E-state index contributed by atoms with van der Waals surface area (Å²) < 4.78 is 11.4. The Morgan fingerprint density at radius 1 is 1.18 bits per heavy atom. The van der Waals surface area contributed by atoms with Gasteiger partial charge in [-0.3, -0.25) is 0 Å². The van der Waals surface area contributed by atoms with Crippen LogP contribution in [0.15, 0.2) is 48.1 Å². The average molecular weight is 444 g/mol. The fourth-order valence-electron chi connectivity index (χ4n) is 3.93. The summed E-state index contributed by atoms with van der Waals surface area (Å²) in [6.45, 7) is 6.96. The van der Waals surface area contributed by atoms with Crippen molar-refractivity contribution in [3.8, 4) is 17.8 Å². The first kappa shape index (κ1) is 21.0. The highest BCUT2D eigenvalue weighted by molar-refractivity contribution is 5.85. The molecule has 168 valence electrons. The largest absolute Gasteiger partial charge is 0.424 e. The van der Waals surface area contributed by atoms with Gasteiger partial charge in [0.25, 0.3) is 0 Å². The van der Waals surface area contributed by atoms with Gasteiger partial charge in [0.15, 0.2) is 11.5 Å². The Balaban J connectivity index is 1.49. The molecule has 2 aromatic heterocycles. The van der Waals surface area contributed by atoms with Crippen LogP contribution in [0.5, 0.6) is 11.8 Å². The molecule has 9 heteroatoms. The van der Waals surface area contributed by atoms with Crippen molar-refractivity contribution in [2.45, 2.75) is 19.9 Å². The fraction of sp³-hybridized carbons (Fsp3) is 0.333. The molecule has 3 heterocycles. The molecule has 0 saturated carbocycles. The third kappa shape index (κ3) is 4.52. The molecule has 2 aliphatic rings. The average Bonchev–Trinajstić information content (AvgIpc) is 3.24. The summed E-state index contributed by atoms with van der Waals surface area (Å²) in [5.41, 5.74) is 3.06. The van der Waals surface area contributed by atoms with Crippen molar-refractivity contribution in [1.29, 1.82) is 5.26 Å². The summed E-state index contributed by atoms with van der Waals surface area (Å²) in [7, 11) is 0. The highest BCUT2D eigenvalue weighted by Crippen LogP contribution is 2.29. The van der Waals surface area contributed by atoms with Gasteiger partial charge in [-0.15, -0.1) is 0 Å². The van der Waals surface area contributed by atoms with E-state index < -0.39 is 0 Å². The van der Waals surface area contributed by atoms with E-state index in [0.29, 0.717) is 42.0 Å². The molecule has 2 N–H and O–H groups in total. The normalized spacial score (nSPS) is 20.4. The molecule has 5 rings (SSSR count). The Morgan fingerprint density at radius 3 is 2.73 bits per heavy atom. The van der Waals surface area contributed by atoms with Gasteiger partial charge in [0.1, 0.15) is 11.3 Å². The first-order valence-corrected chi connectivity index (χ1v) is 11.0. The summed E-state index contributed by atoms with van der Waals surface area (Å²) in [5, 5.41) is 12.5. The van der Waals surface area contributed by atoms with Crippen LogP contribution in [0.25, 0.3) is 11.2 Å². The summed E-state index contributed by atoms with van der Waals surface area (Å²) in [6, 6.07) is 9.28. The molecule has 1 unspecified atom stereocenters. The lowest BCUT2D eigenvalue weighted by molar-refractivity contribution is 0.122. The highest BCUT2D eigenvalue weighted by atomic mass is 16.5. The van der Waals surface area contributed by atoms with Crippen molar-refractivity contribution in [3.05, 3.63) is 53.6 Å². The number of hydrogen-bond acceptors (Lipinski definition) is 8. The van der Waals surface area contributed by atoms with E-state index in [9.17, 15) is 0 Å². The van der Waals surface area contributed by atoms with Crippen molar-refractivity contribution < 1.29 is 9.47 Å². The first-order valence-electron chi connectivity index (χ1n) is 11.0. The zero-order valence-corrected chi connectivity index (χ0v) is 18.6.